The Balaban J connectivity index is 2.22. The summed E-state index contributed by atoms with van der Waals surface area (Å²) in [6.07, 6.45) is 3.90. The topological polar surface area (TPSA) is 24.4 Å². The summed E-state index contributed by atoms with van der Waals surface area (Å²) < 4.78 is 0. The third-order valence-corrected chi connectivity index (χ3v) is 1.71. The van der Waals surface area contributed by atoms with E-state index in [0.717, 1.165) is 12.4 Å². The second-order valence-corrected chi connectivity index (χ2v) is 2.63. The van der Waals surface area contributed by atoms with E-state index in [0.29, 0.717) is 0 Å². The molecule has 0 saturated carbocycles. The summed E-state index contributed by atoms with van der Waals surface area (Å²) in [6.45, 7) is 0.846. The highest BCUT2D eigenvalue weighted by Gasteiger charge is 1.97. The van der Waals surface area contributed by atoms with Crippen LogP contribution in [-0.2, 0) is 0 Å². The van der Waals surface area contributed by atoms with Gasteiger partial charge in [-0.25, -0.2) is 4.99 Å². The highest BCUT2D eigenvalue weighted by molar-refractivity contribution is 5.68. The first-order chi connectivity index (χ1) is 5.95. The number of benzene rings is 1. The molecule has 0 spiro atoms. The number of rotatable bonds is 1. The molecule has 60 valence electrons. The molecule has 2 rings (SSSR count). The van der Waals surface area contributed by atoms with Crippen LogP contribution in [0.4, 0.5) is 0 Å². The molecule has 1 N–H and O–H groups in total. The Kier molecular flexibility index (Phi) is 1.90. The Morgan fingerprint density at radius 2 is 2.08 bits per heavy atom. The van der Waals surface area contributed by atoms with E-state index in [9.17, 15) is 0 Å². The summed E-state index contributed by atoms with van der Waals surface area (Å²) in [6, 6.07) is 10.2. The molecule has 0 bridgehead atoms. The van der Waals surface area contributed by atoms with Crippen LogP contribution in [0.5, 0.6) is 0 Å². The van der Waals surface area contributed by atoms with E-state index in [4.69, 9.17) is 0 Å². The van der Waals surface area contributed by atoms with Gasteiger partial charge in [-0.15, -0.1) is 0 Å². The lowest BCUT2D eigenvalue weighted by molar-refractivity contribution is 0.982. The number of aliphatic imine (C=N–C) groups is 1. The Labute approximate surface area is 71.6 Å². The molecule has 0 aromatic heterocycles. The Morgan fingerprint density at radius 3 is 2.75 bits per heavy atom. The molecular formula is C10H10N2. The van der Waals surface area contributed by atoms with Gasteiger partial charge in [0.05, 0.1) is 6.54 Å². The van der Waals surface area contributed by atoms with Crippen LogP contribution in [-0.4, -0.2) is 12.8 Å². The molecule has 0 radical (unpaired) electrons. The quantitative estimate of drug-likeness (QED) is 0.660. The van der Waals surface area contributed by atoms with Gasteiger partial charge in [-0.3, -0.25) is 0 Å². The van der Waals surface area contributed by atoms with Crippen LogP contribution >= 0.6 is 0 Å². The van der Waals surface area contributed by atoms with Gasteiger partial charge in [-0.2, -0.15) is 0 Å². The third kappa shape index (κ3) is 1.53. The van der Waals surface area contributed by atoms with Crippen LogP contribution in [0.1, 0.15) is 5.56 Å². The molecule has 12 heavy (non-hydrogen) atoms. The molecule has 1 aliphatic heterocycles. The van der Waals surface area contributed by atoms with E-state index in [-0.39, 0.29) is 0 Å². The molecule has 2 heteroatoms. The molecule has 0 aliphatic carbocycles. The second-order valence-electron chi connectivity index (χ2n) is 2.63. The van der Waals surface area contributed by atoms with Gasteiger partial charge in [0, 0.05) is 6.21 Å². The van der Waals surface area contributed by atoms with Crippen LogP contribution in [0.25, 0.3) is 6.08 Å². The van der Waals surface area contributed by atoms with Crippen molar-refractivity contribution in [2.24, 2.45) is 4.99 Å². The third-order valence-electron chi connectivity index (χ3n) is 1.71. The van der Waals surface area contributed by atoms with Crippen molar-refractivity contribution in [2.75, 3.05) is 6.54 Å². The molecule has 1 heterocycles. The molecule has 2 nitrogen and oxygen atoms in total. The summed E-state index contributed by atoms with van der Waals surface area (Å²) in [5.74, 6) is 0.946. The smallest absolute Gasteiger partial charge is 0.126 e. The number of nitrogens with zero attached hydrogens (tertiary/aromatic N) is 1. The lowest BCUT2D eigenvalue weighted by Crippen LogP contribution is -2.05. The molecule has 0 atom stereocenters. The Bertz CT molecular complexity index is 312. The molecule has 1 aromatic rings. The molecule has 0 unspecified atom stereocenters. The fourth-order valence-corrected chi connectivity index (χ4v) is 1.14. The minimum atomic E-state index is 0.846. The summed E-state index contributed by atoms with van der Waals surface area (Å²) >= 11 is 0. The van der Waals surface area contributed by atoms with E-state index in [1.807, 2.05) is 30.5 Å². The highest BCUT2D eigenvalue weighted by Crippen LogP contribution is 2.06. The van der Waals surface area contributed by atoms with Crippen molar-refractivity contribution in [3.05, 3.63) is 41.7 Å². The minimum Gasteiger partial charge on any atom is -0.365 e. The lowest BCUT2D eigenvalue weighted by atomic mass is 10.2. The van der Waals surface area contributed by atoms with Crippen molar-refractivity contribution in [3.63, 3.8) is 0 Å². The van der Waals surface area contributed by atoms with Gasteiger partial charge in [0.25, 0.3) is 0 Å². The molecule has 0 saturated heterocycles. The predicted molar refractivity (Wildman–Crippen MR) is 50.9 cm³/mol. The van der Waals surface area contributed by atoms with Crippen molar-refractivity contribution in [1.82, 2.24) is 5.32 Å². The number of hydrogen-bond acceptors (Lipinski definition) is 2. The largest absolute Gasteiger partial charge is 0.365 e. The first kappa shape index (κ1) is 7.10. The average Bonchev–Trinajstić information content (AvgIpc) is 2.59. The molecule has 1 aliphatic rings. The van der Waals surface area contributed by atoms with Gasteiger partial charge in [0.15, 0.2) is 0 Å². The Morgan fingerprint density at radius 1 is 1.25 bits per heavy atom. The first-order valence-corrected chi connectivity index (χ1v) is 3.98. The fourth-order valence-electron chi connectivity index (χ4n) is 1.14. The molecule has 1 aromatic carbocycles. The maximum Gasteiger partial charge on any atom is 0.126 e. The van der Waals surface area contributed by atoms with E-state index < -0.39 is 0 Å². The van der Waals surface area contributed by atoms with Gasteiger partial charge in [-0.1, -0.05) is 30.3 Å². The summed E-state index contributed by atoms with van der Waals surface area (Å²) in [5.41, 5.74) is 1.18. The monoisotopic (exact) mass is 158 g/mol. The Hall–Kier alpha value is -1.57. The van der Waals surface area contributed by atoms with Crippen LogP contribution < -0.4 is 5.32 Å². The maximum absolute atomic E-state index is 4.16. The van der Waals surface area contributed by atoms with E-state index >= 15 is 0 Å². The van der Waals surface area contributed by atoms with Crippen molar-refractivity contribution >= 4 is 12.3 Å². The standard InChI is InChI=1S/C10H10N2/c1-2-4-9(5-3-1)8-10-11-6-7-12-10/h1-6,8,12H,7H2. The summed E-state index contributed by atoms with van der Waals surface area (Å²) in [4.78, 5) is 4.16. The molecule has 0 fully saturated rings. The lowest BCUT2D eigenvalue weighted by Gasteiger charge is -1.95. The van der Waals surface area contributed by atoms with Gasteiger partial charge in [0.2, 0.25) is 0 Å². The van der Waals surface area contributed by atoms with Crippen LogP contribution in [0, 0.1) is 0 Å². The van der Waals surface area contributed by atoms with Gasteiger partial charge in [-0.05, 0) is 11.6 Å². The summed E-state index contributed by atoms with van der Waals surface area (Å²) in [7, 11) is 0. The van der Waals surface area contributed by atoms with Crippen LogP contribution in [0.15, 0.2) is 41.1 Å². The summed E-state index contributed by atoms with van der Waals surface area (Å²) in [5, 5.41) is 3.14. The zero-order valence-electron chi connectivity index (χ0n) is 6.70. The highest BCUT2D eigenvalue weighted by atomic mass is 15.1. The number of nitrogens with one attached hydrogen (secondary N) is 1. The minimum absolute atomic E-state index is 0.846. The van der Waals surface area contributed by atoms with Gasteiger partial charge in [0.1, 0.15) is 5.82 Å². The predicted octanol–water partition coefficient (Wildman–Crippen LogP) is 1.66. The second kappa shape index (κ2) is 3.22. The van der Waals surface area contributed by atoms with Crippen molar-refractivity contribution in [1.29, 1.82) is 0 Å². The average molecular weight is 158 g/mol. The molecule has 0 amide bonds. The normalized spacial score (nSPS) is 18.2. The van der Waals surface area contributed by atoms with Gasteiger partial charge < -0.3 is 5.32 Å². The number of hydrogen-bond donors (Lipinski definition) is 1. The zero-order chi connectivity index (χ0) is 8.23. The van der Waals surface area contributed by atoms with E-state index in [2.05, 4.69) is 22.4 Å². The van der Waals surface area contributed by atoms with E-state index in [1.165, 1.54) is 5.56 Å². The molecular weight excluding hydrogens is 148 g/mol. The maximum atomic E-state index is 4.16. The zero-order valence-corrected chi connectivity index (χ0v) is 6.70. The van der Waals surface area contributed by atoms with Gasteiger partial charge >= 0.3 is 0 Å². The van der Waals surface area contributed by atoms with Crippen molar-refractivity contribution in [2.45, 2.75) is 0 Å². The van der Waals surface area contributed by atoms with Crippen molar-refractivity contribution < 1.29 is 0 Å². The van der Waals surface area contributed by atoms with Crippen LogP contribution in [0.2, 0.25) is 0 Å². The first-order valence-electron chi connectivity index (χ1n) is 3.98. The van der Waals surface area contributed by atoms with Crippen molar-refractivity contribution in [3.8, 4) is 0 Å². The SMILES string of the molecule is C1=NC(=Cc2ccccc2)NC1. The fraction of sp³-hybridized carbons (Fsp3) is 0.100. The van der Waals surface area contributed by atoms with E-state index in [1.54, 1.807) is 0 Å². The van der Waals surface area contributed by atoms with Crippen LogP contribution in [0.3, 0.4) is 0 Å².